The maximum Gasteiger partial charge on any atom is 0.318 e. The minimum atomic E-state index is -0.337. The number of carbonyl (C=O) groups is 2. The topological polar surface area (TPSA) is 43.4 Å². The summed E-state index contributed by atoms with van der Waals surface area (Å²) in [6.45, 7) is 2.08. The predicted molar refractivity (Wildman–Crippen MR) is 52.6 cm³/mol. The van der Waals surface area contributed by atoms with Gasteiger partial charge in [0, 0.05) is 11.8 Å². The summed E-state index contributed by atoms with van der Waals surface area (Å²) in [4.78, 5) is 23.1. The average molecular weight is 204 g/mol. The fourth-order valence-electron chi connectivity index (χ4n) is 3.01. The lowest BCUT2D eigenvalue weighted by molar-refractivity contribution is -0.154. The molecule has 3 nitrogen and oxygen atoms in total. The van der Waals surface area contributed by atoms with Gasteiger partial charge in [-0.25, -0.2) is 0 Å². The molecular weight excluding hydrogens is 192 g/mol. The van der Waals surface area contributed by atoms with E-state index in [4.69, 9.17) is 4.74 Å². The van der Waals surface area contributed by atoms with Crippen LogP contribution in [0, 0.1) is 23.7 Å². The van der Waals surface area contributed by atoms with Crippen LogP contribution in [-0.2, 0) is 14.3 Å². The van der Waals surface area contributed by atoms with E-state index in [0.29, 0.717) is 0 Å². The number of esters is 2. The second-order valence-corrected chi connectivity index (χ2v) is 4.37. The van der Waals surface area contributed by atoms with Gasteiger partial charge in [-0.1, -0.05) is 30.7 Å². The van der Waals surface area contributed by atoms with Crippen LogP contribution in [0.2, 0.25) is 0 Å². The van der Waals surface area contributed by atoms with Crippen molar-refractivity contribution >= 4 is 11.9 Å². The third kappa shape index (κ3) is 1.01. The molecule has 0 N–H and O–H groups in total. The zero-order chi connectivity index (χ0) is 10.6. The maximum atomic E-state index is 11.6. The van der Waals surface area contributed by atoms with Gasteiger partial charge in [-0.3, -0.25) is 9.59 Å². The zero-order valence-corrected chi connectivity index (χ0v) is 8.47. The van der Waals surface area contributed by atoms with Crippen molar-refractivity contribution in [3.8, 4) is 0 Å². The molecule has 0 radical (unpaired) electrons. The number of hydrogen-bond donors (Lipinski definition) is 0. The van der Waals surface area contributed by atoms with Gasteiger partial charge in [-0.2, -0.15) is 0 Å². The summed E-state index contributed by atoms with van der Waals surface area (Å²) < 4.78 is 4.73. The van der Waals surface area contributed by atoms with Crippen molar-refractivity contribution < 1.29 is 14.3 Å². The maximum absolute atomic E-state index is 11.6. The van der Waals surface area contributed by atoms with Crippen molar-refractivity contribution in [3.05, 3.63) is 23.8 Å². The molecule has 1 aliphatic heterocycles. The number of cyclic esters (lactones) is 2. The fourth-order valence-corrected chi connectivity index (χ4v) is 3.01. The summed E-state index contributed by atoms with van der Waals surface area (Å²) in [7, 11) is 0. The number of hydrogen-bond acceptors (Lipinski definition) is 3. The van der Waals surface area contributed by atoms with Crippen molar-refractivity contribution in [2.75, 3.05) is 0 Å². The summed E-state index contributed by atoms with van der Waals surface area (Å²) in [6, 6.07) is 0. The first-order valence-corrected chi connectivity index (χ1v) is 5.37. The van der Waals surface area contributed by atoms with Crippen LogP contribution in [0.3, 0.4) is 0 Å². The quantitative estimate of drug-likeness (QED) is 0.369. The van der Waals surface area contributed by atoms with E-state index in [1.54, 1.807) is 0 Å². The third-order valence-electron chi connectivity index (χ3n) is 3.72. The van der Waals surface area contributed by atoms with Crippen molar-refractivity contribution in [3.63, 3.8) is 0 Å². The summed E-state index contributed by atoms with van der Waals surface area (Å²) in [5.41, 5.74) is 1.27. The molecule has 3 heteroatoms. The Labute approximate surface area is 87.8 Å². The molecule has 4 atom stereocenters. The second kappa shape index (κ2) is 2.81. The Bertz CT molecular complexity index is 405. The van der Waals surface area contributed by atoms with E-state index in [2.05, 4.69) is 19.1 Å². The predicted octanol–water partition coefficient (Wildman–Crippen LogP) is 1.45. The van der Waals surface area contributed by atoms with Gasteiger partial charge in [0.15, 0.2) is 0 Å². The van der Waals surface area contributed by atoms with Crippen LogP contribution in [0.25, 0.3) is 0 Å². The Morgan fingerprint density at radius 2 is 1.93 bits per heavy atom. The first kappa shape index (κ1) is 8.89. The Hall–Kier alpha value is -1.38. The standard InChI is InChI=1S/C12H12O3/c1-2-6-5-7-3-4-8(6)10-9(7)11(13)15-12(10)14/h3-5,7-10H,2H2,1H3. The van der Waals surface area contributed by atoms with Gasteiger partial charge in [0.1, 0.15) is 0 Å². The van der Waals surface area contributed by atoms with Crippen LogP contribution in [0.1, 0.15) is 13.3 Å². The van der Waals surface area contributed by atoms with Gasteiger partial charge in [0.25, 0.3) is 0 Å². The molecule has 15 heavy (non-hydrogen) atoms. The average Bonchev–Trinajstić information content (AvgIpc) is 2.57. The van der Waals surface area contributed by atoms with Crippen LogP contribution in [0.5, 0.6) is 0 Å². The van der Waals surface area contributed by atoms with Gasteiger partial charge in [-0.15, -0.1) is 0 Å². The molecule has 78 valence electrons. The number of rotatable bonds is 1. The molecule has 1 fully saturated rings. The first-order chi connectivity index (χ1) is 7.22. The molecule has 0 aromatic carbocycles. The number of carbonyl (C=O) groups excluding carboxylic acids is 2. The monoisotopic (exact) mass is 204 g/mol. The van der Waals surface area contributed by atoms with E-state index < -0.39 is 0 Å². The van der Waals surface area contributed by atoms with Gasteiger partial charge in [0.05, 0.1) is 11.8 Å². The summed E-state index contributed by atoms with van der Waals surface area (Å²) >= 11 is 0. The van der Waals surface area contributed by atoms with Gasteiger partial charge < -0.3 is 4.74 Å². The molecule has 3 aliphatic carbocycles. The molecule has 0 aromatic rings. The van der Waals surface area contributed by atoms with E-state index in [9.17, 15) is 9.59 Å². The minimum Gasteiger partial charge on any atom is -0.393 e. The summed E-state index contributed by atoms with van der Waals surface area (Å²) in [5.74, 6) is -0.979. The lowest BCUT2D eigenvalue weighted by Crippen LogP contribution is -2.37. The molecule has 0 aromatic heterocycles. The third-order valence-corrected chi connectivity index (χ3v) is 3.72. The largest absolute Gasteiger partial charge is 0.393 e. The van der Waals surface area contributed by atoms with E-state index >= 15 is 0 Å². The van der Waals surface area contributed by atoms with Gasteiger partial charge in [-0.05, 0) is 6.42 Å². The van der Waals surface area contributed by atoms with E-state index in [1.165, 1.54) is 5.57 Å². The normalized spacial score (nSPS) is 41.5. The van der Waals surface area contributed by atoms with E-state index in [1.807, 2.05) is 6.08 Å². The first-order valence-electron chi connectivity index (χ1n) is 5.37. The highest BCUT2D eigenvalue weighted by Gasteiger charge is 2.54. The van der Waals surface area contributed by atoms with Gasteiger partial charge in [0.2, 0.25) is 0 Å². The smallest absolute Gasteiger partial charge is 0.318 e. The zero-order valence-electron chi connectivity index (χ0n) is 8.47. The lowest BCUT2D eigenvalue weighted by Gasteiger charge is -2.36. The highest BCUT2D eigenvalue weighted by Crippen LogP contribution is 2.48. The Morgan fingerprint density at radius 1 is 1.20 bits per heavy atom. The molecule has 4 aliphatic rings. The Balaban J connectivity index is 2.08. The molecule has 4 unspecified atom stereocenters. The number of allylic oxidation sites excluding steroid dienone is 4. The fraction of sp³-hybridized carbons (Fsp3) is 0.500. The molecule has 4 rings (SSSR count). The van der Waals surface area contributed by atoms with Crippen LogP contribution in [0.15, 0.2) is 23.8 Å². The van der Waals surface area contributed by atoms with Crippen molar-refractivity contribution in [2.45, 2.75) is 13.3 Å². The van der Waals surface area contributed by atoms with Crippen LogP contribution in [-0.4, -0.2) is 11.9 Å². The SMILES string of the molecule is CCC1=CC2C=CC1C1C(=O)OC(=O)C21. The summed E-state index contributed by atoms with van der Waals surface area (Å²) in [6.07, 6.45) is 7.16. The number of ether oxygens (including phenoxy) is 1. The van der Waals surface area contributed by atoms with Crippen molar-refractivity contribution in [1.82, 2.24) is 0 Å². The molecule has 0 amide bonds. The van der Waals surface area contributed by atoms with Crippen LogP contribution in [0.4, 0.5) is 0 Å². The van der Waals surface area contributed by atoms with E-state index in [0.717, 1.165) is 6.42 Å². The van der Waals surface area contributed by atoms with Crippen LogP contribution >= 0.6 is 0 Å². The second-order valence-electron chi connectivity index (χ2n) is 4.37. The van der Waals surface area contributed by atoms with Crippen molar-refractivity contribution in [1.29, 1.82) is 0 Å². The lowest BCUT2D eigenvalue weighted by atomic mass is 9.63. The molecule has 1 heterocycles. The molecule has 0 saturated carbocycles. The minimum absolute atomic E-state index is 0.0777. The Kier molecular flexibility index (Phi) is 1.67. The molecule has 0 spiro atoms. The molecule has 2 bridgehead atoms. The van der Waals surface area contributed by atoms with Crippen LogP contribution < -0.4 is 0 Å². The van der Waals surface area contributed by atoms with E-state index in [-0.39, 0.29) is 35.6 Å². The Morgan fingerprint density at radius 3 is 2.67 bits per heavy atom. The molecule has 1 saturated heterocycles. The summed E-state index contributed by atoms with van der Waals surface area (Å²) in [5, 5.41) is 0. The highest BCUT2D eigenvalue weighted by molar-refractivity contribution is 5.98. The van der Waals surface area contributed by atoms with Crippen molar-refractivity contribution in [2.24, 2.45) is 23.7 Å². The van der Waals surface area contributed by atoms with Gasteiger partial charge >= 0.3 is 11.9 Å². The molecular formula is C12H12O3. The highest BCUT2D eigenvalue weighted by atomic mass is 16.6.